The van der Waals surface area contributed by atoms with E-state index in [0.29, 0.717) is 0 Å². The molecule has 0 aromatic carbocycles. The Labute approximate surface area is 72.2 Å². The average molecular weight is 204 g/mol. The number of hydrogen-bond acceptors (Lipinski definition) is 0. The molecule has 0 radical (unpaired) electrons. The van der Waals surface area contributed by atoms with Gasteiger partial charge in [0.1, 0.15) is 0 Å². The van der Waals surface area contributed by atoms with Crippen LogP contribution in [0, 0.1) is 0 Å². The molecule has 0 fully saturated rings. The van der Waals surface area contributed by atoms with Crippen molar-refractivity contribution in [2.45, 2.75) is 0 Å². The molecule has 0 bridgehead atoms. The topological polar surface area (TPSA) is 63.0 Å². The SMILES string of the molecule is O.O.[Br-].[Sr+2]. The smallest absolute Gasteiger partial charge is 1.00 e. The van der Waals surface area contributed by atoms with Crippen molar-refractivity contribution in [1.29, 1.82) is 0 Å². The van der Waals surface area contributed by atoms with Gasteiger partial charge in [-0.25, -0.2) is 0 Å². The normalized spacial score (nSPS) is 0. The summed E-state index contributed by atoms with van der Waals surface area (Å²) < 4.78 is 0. The summed E-state index contributed by atoms with van der Waals surface area (Å²) in [6.45, 7) is 0. The quantitative estimate of drug-likeness (QED) is 0.354. The predicted octanol–water partition coefficient (Wildman–Crippen LogP) is -5.03. The van der Waals surface area contributed by atoms with Gasteiger partial charge >= 0.3 is 45.5 Å². The van der Waals surface area contributed by atoms with Gasteiger partial charge in [0.2, 0.25) is 0 Å². The first-order chi connectivity index (χ1) is 0. The Balaban J connectivity index is 0. The Morgan fingerprint density at radius 2 is 0.750 bits per heavy atom. The Hall–Kier alpha value is 1.88. The van der Waals surface area contributed by atoms with Crippen molar-refractivity contribution in [3.8, 4) is 0 Å². The van der Waals surface area contributed by atoms with Crippen molar-refractivity contribution in [2.75, 3.05) is 0 Å². The minimum Gasteiger partial charge on any atom is -1.00 e. The van der Waals surface area contributed by atoms with E-state index < -0.39 is 0 Å². The summed E-state index contributed by atoms with van der Waals surface area (Å²) in [5, 5.41) is 0. The van der Waals surface area contributed by atoms with Crippen molar-refractivity contribution in [3.05, 3.63) is 0 Å². The fourth-order valence-corrected chi connectivity index (χ4v) is 0. The van der Waals surface area contributed by atoms with Gasteiger partial charge in [0.05, 0.1) is 0 Å². The molecule has 0 aromatic rings. The first-order valence-electron chi connectivity index (χ1n) is 0. The molecule has 0 spiro atoms. The molecule has 24 valence electrons. The van der Waals surface area contributed by atoms with E-state index in [4.69, 9.17) is 0 Å². The molecule has 0 atom stereocenters. The zero-order valence-electron chi connectivity index (χ0n) is 2.09. The van der Waals surface area contributed by atoms with Crippen LogP contribution in [0.3, 0.4) is 0 Å². The summed E-state index contributed by atoms with van der Waals surface area (Å²) in [6.07, 6.45) is 0. The van der Waals surface area contributed by atoms with Crippen LogP contribution in [-0.2, 0) is 0 Å². The van der Waals surface area contributed by atoms with E-state index in [1.54, 1.807) is 0 Å². The molecule has 0 aliphatic heterocycles. The van der Waals surface area contributed by atoms with Gasteiger partial charge in [-0.1, -0.05) is 0 Å². The van der Waals surface area contributed by atoms with E-state index in [1.807, 2.05) is 0 Å². The molecule has 4 N–H and O–H groups in total. The Morgan fingerprint density at radius 3 is 0.750 bits per heavy atom. The zero-order chi connectivity index (χ0) is 0. The monoisotopic (exact) mass is 203 g/mol. The fraction of sp³-hybridized carbons (Fsp3) is 0. The summed E-state index contributed by atoms with van der Waals surface area (Å²) in [4.78, 5) is 0. The summed E-state index contributed by atoms with van der Waals surface area (Å²) >= 11 is 0. The molecule has 0 rings (SSSR count). The maximum absolute atomic E-state index is 0. The third kappa shape index (κ3) is 9.10. The summed E-state index contributed by atoms with van der Waals surface area (Å²) in [7, 11) is 0. The van der Waals surface area contributed by atoms with Gasteiger partial charge in [-0.05, 0) is 0 Å². The van der Waals surface area contributed by atoms with E-state index in [-0.39, 0.29) is 73.4 Å². The van der Waals surface area contributed by atoms with E-state index >= 15 is 0 Å². The van der Waals surface area contributed by atoms with Gasteiger partial charge in [0.15, 0.2) is 0 Å². The second-order valence-corrected chi connectivity index (χ2v) is 0. The zero-order valence-corrected chi connectivity index (χ0v) is 7.15. The maximum atomic E-state index is 0. The molecular formula is H4BrO2Sr+. The van der Waals surface area contributed by atoms with Crippen LogP contribution < -0.4 is 17.0 Å². The van der Waals surface area contributed by atoms with Gasteiger partial charge in [-0.2, -0.15) is 0 Å². The first-order valence-corrected chi connectivity index (χ1v) is 0. The Morgan fingerprint density at radius 1 is 0.750 bits per heavy atom. The fourth-order valence-electron chi connectivity index (χ4n) is 0. The van der Waals surface area contributed by atoms with Crippen LogP contribution in [0.2, 0.25) is 0 Å². The van der Waals surface area contributed by atoms with Crippen LogP contribution >= 0.6 is 0 Å². The molecule has 4 heteroatoms. The molecule has 0 heterocycles. The third-order valence-corrected chi connectivity index (χ3v) is 0. The molecule has 0 amide bonds. The molecule has 0 saturated carbocycles. The van der Waals surface area contributed by atoms with E-state index in [1.165, 1.54) is 0 Å². The van der Waals surface area contributed by atoms with Gasteiger partial charge in [-0.15, -0.1) is 0 Å². The van der Waals surface area contributed by atoms with Gasteiger partial charge in [-0.3, -0.25) is 0 Å². The third-order valence-electron chi connectivity index (χ3n) is 0. The van der Waals surface area contributed by atoms with E-state index in [2.05, 4.69) is 0 Å². The van der Waals surface area contributed by atoms with Crippen LogP contribution in [-0.4, -0.2) is 56.4 Å². The summed E-state index contributed by atoms with van der Waals surface area (Å²) in [5.74, 6) is 0. The number of rotatable bonds is 0. The van der Waals surface area contributed by atoms with Crippen LogP contribution in [0.15, 0.2) is 0 Å². The van der Waals surface area contributed by atoms with Crippen molar-refractivity contribution >= 4 is 45.5 Å². The van der Waals surface area contributed by atoms with Crippen molar-refractivity contribution < 1.29 is 27.9 Å². The molecular weight excluding hydrogens is 200 g/mol. The van der Waals surface area contributed by atoms with Gasteiger partial charge < -0.3 is 27.9 Å². The second kappa shape index (κ2) is 20.8. The molecule has 0 aliphatic rings. The minimum absolute atomic E-state index is 0. The van der Waals surface area contributed by atoms with Crippen molar-refractivity contribution in [1.82, 2.24) is 0 Å². The van der Waals surface area contributed by atoms with E-state index in [9.17, 15) is 0 Å². The molecule has 0 saturated heterocycles. The van der Waals surface area contributed by atoms with Crippen LogP contribution in [0.5, 0.6) is 0 Å². The Kier molecular flexibility index (Phi) is 206. The summed E-state index contributed by atoms with van der Waals surface area (Å²) in [5.41, 5.74) is 0. The van der Waals surface area contributed by atoms with Crippen LogP contribution in [0.25, 0.3) is 0 Å². The largest absolute Gasteiger partial charge is 2.00 e. The minimum atomic E-state index is 0. The average Bonchev–Trinajstić information content (AvgIpc) is 0. The second-order valence-electron chi connectivity index (χ2n) is 0. The molecule has 0 aromatic heterocycles. The standard InChI is InChI=1S/BrH.2H2O.Sr/h1H;2*1H2;/q;;;+2/p-1. The van der Waals surface area contributed by atoms with Gasteiger partial charge in [0.25, 0.3) is 0 Å². The Bertz CT molecular complexity index is 6.00. The van der Waals surface area contributed by atoms with Crippen LogP contribution in [0.4, 0.5) is 0 Å². The molecule has 0 unspecified atom stereocenters. The predicted molar refractivity (Wildman–Crippen MR) is 13.0 cm³/mol. The van der Waals surface area contributed by atoms with E-state index in [0.717, 1.165) is 0 Å². The van der Waals surface area contributed by atoms with Crippen molar-refractivity contribution in [2.24, 2.45) is 0 Å². The molecule has 0 aliphatic carbocycles. The number of halogens is 1. The van der Waals surface area contributed by atoms with Crippen molar-refractivity contribution in [3.63, 3.8) is 0 Å². The number of hydrogen-bond donors (Lipinski definition) is 0. The summed E-state index contributed by atoms with van der Waals surface area (Å²) in [6, 6.07) is 0. The maximum Gasteiger partial charge on any atom is 2.00 e. The van der Waals surface area contributed by atoms with Crippen LogP contribution in [0.1, 0.15) is 0 Å². The molecule has 2 nitrogen and oxygen atoms in total. The first kappa shape index (κ1) is 39.6. The molecule has 4 heavy (non-hydrogen) atoms. The van der Waals surface area contributed by atoms with Gasteiger partial charge in [0, 0.05) is 0 Å².